The Balaban J connectivity index is 2.08. The van der Waals surface area contributed by atoms with Crippen molar-refractivity contribution in [1.29, 1.82) is 0 Å². The SMILES string of the molecule is Cc1cccc(-n2nnc(CN)c2/C=C/c2ccccc2)c1C. The zero-order chi connectivity index (χ0) is 16.2. The quantitative estimate of drug-likeness (QED) is 0.802. The molecule has 0 atom stereocenters. The van der Waals surface area contributed by atoms with Crippen LogP contribution in [-0.4, -0.2) is 15.0 Å². The van der Waals surface area contributed by atoms with Gasteiger partial charge in [0.2, 0.25) is 0 Å². The number of hydrogen-bond acceptors (Lipinski definition) is 3. The minimum Gasteiger partial charge on any atom is -0.325 e. The molecule has 0 unspecified atom stereocenters. The molecule has 4 nitrogen and oxygen atoms in total. The normalized spacial score (nSPS) is 11.3. The number of aromatic nitrogens is 3. The molecule has 2 N–H and O–H groups in total. The summed E-state index contributed by atoms with van der Waals surface area (Å²) in [5, 5.41) is 8.54. The van der Waals surface area contributed by atoms with Crippen molar-refractivity contribution in [2.45, 2.75) is 20.4 Å². The lowest BCUT2D eigenvalue weighted by Gasteiger charge is -2.10. The lowest BCUT2D eigenvalue weighted by atomic mass is 10.1. The number of nitrogens with zero attached hydrogens (tertiary/aromatic N) is 3. The second-order valence-corrected chi connectivity index (χ2v) is 5.50. The van der Waals surface area contributed by atoms with E-state index in [0.29, 0.717) is 6.54 Å². The van der Waals surface area contributed by atoms with Crippen molar-refractivity contribution < 1.29 is 0 Å². The molecule has 3 rings (SSSR count). The number of rotatable bonds is 4. The van der Waals surface area contributed by atoms with E-state index in [-0.39, 0.29) is 0 Å². The maximum atomic E-state index is 5.83. The minimum absolute atomic E-state index is 0.360. The number of nitrogens with two attached hydrogens (primary N) is 1. The van der Waals surface area contributed by atoms with Gasteiger partial charge >= 0.3 is 0 Å². The molecule has 0 radical (unpaired) electrons. The Morgan fingerprint density at radius 2 is 1.78 bits per heavy atom. The van der Waals surface area contributed by atoms with Gasteiger partial charge in [-0.05, 0) is 42.7 Å². The van der Waals surface area contributed by atoms with Gasteiger partial charge in [-0.2, -0.15) is 0 Å². The van der Waals surface area contributed by atoms with E-state index in [1.165, 1.54) is 11.1 Å². The van der Waals surface area contributed by atoms with E-state index in [9.17, 15) is 0 Å². The maximum absolute atomic E-state index is 5.83. The van der Waals surface area contributed by atoms with E-state index in [0.717, 1.165) is 22.6 Å². The smallest absolute Gasteiger partial charge is 0.104 e. The third-order valence-corrected chi connectivity index (χ3v) is 4.01. The summed E-state index contributed by atoms with van der Waals surface area (Å²) in [5.74, 6) is 0. The molecule has 0 aliphatic rings. The Labute approximate surface area is 136 Å². The van der Waals surface area contributed by atoms with Crippen LogP contribution in [0.4, 0.5) is 0 Å². The fourth-order valence-corrected chi connectivity index (χ4v) is 2.51. The molecule has 0 amide bonds. The molecule has 2 aromatic carbocycles. The van der Waals surface area contributed by atoms with Crippen LogP contribution in [0.5, 0.6) is 0 Å². The first-order valence-corrected chi connectivity index (χ1v) is 7.65. The highest BCUT2D eigenvalue weighted by Gasteiger charge is 2.13. The van der Waals surface area contributed by atoms with Gasteiger partial charge in [0, 0.05) is 6.54 Å². The van der Waals surface area contributed by atoms with Crippen LogP contribution < -0.4 is 5.73 Å². The predicted molar refractivity (Wildman–Crippen MR) is 94.1 cm³/mol. The summed E-state index contributed by atoms with van der Waals surface area (Å²) in [7, 11) is 0. The molecule has 0 aliphatic carbocycles. The fourth-order valence-electron chi connectivity index (χ4n) is 2.51. The largest absolute Gasteiger partial charge is 0.325 e. The van der Waals surface area contributed by atoms with E-state index in [1.54, 1.807) is 0 Å². The van der Waals surface area contributed by atoms with E-state index in [4.69, 9.17) is 5.73 Å². The van der Waals surface area contributed by atoms with Crippen LogP contribution in [0, 0.1) is 13.8 Å². The van der Waals surface area contributed by atoms with Crippen molar-refractivity contribution in [3.8, 4) is 5.69 Å². The highest BCUT2D eigenvalue weighted by atomic mass is 15.4. The molecule has 4 heteroatoms. The van der Waals surface area contributed by atoms with Gasteiger partial charge in [0.1, 0.15) is 5.69 Å². The van der Waals surface area contributed by atoms with Gasteiger partial charge in [-0.15, -0.1) is 5.10 Å². The van der Waals surface area contributed by atoms with Crippen LogP contribution >= 0.6 is 0 Å². The summed E-state index contributed by atoms with van der Waals surface area (Å²) in [6.07, 6.45) is 4.08. The Morgan fingerprint density at radius 3 is 2.52 bits per heavy atom. The Hall–Kier alpha value is -2.72. The zero-order valence-electron chi connectivity index (χ0n) is 13.4. The van der Waals surface area contributed by atoms with Crippen LogP contribution in [0.15, 0.2) is 48.5 Å². The third kappa shape index (κ3) is 3.07. The first-order valence-electron chi connectivity index (χ1n) is 7.65. The molecule has 0 saturated heterocycles. The van der Waals surface area contributed by atoms with Crippen molar-refractivity contribution in [3.05, 3.63) is 76.6 Å². The van der Waals surface area contributed by atoms with Crippen LogP contribution in [0.25, 0.3) is 17.8 Å². The summed E-state index contributed by atoms with van der Waals surface area (Å²) >= 11 is 0. The van der Waals surface area contributed by atoms with Crippen molar-refractivity contribution in [2.24, 2.45) is 5.73 Å². The summed E-state index contributed by atoms with van der Waals surface area (Å²) < 4.78 is 1.87. The Morgan fingerprint density at radius 1 is 1.00 bits per heavy atom. The lowest BCUT2D eigenvalue weighted by Crippen LogP contribution is -2.04. The third-order valence-electron chi connectivity index (χ3n) is 4.01. The van der Waals surface area contributed by atoms with E-state index >= 15 is 0 Å². The lowest BCUT2D eigenvalue weighted by molar-refractivity contribution is 0.788. The van der Waals surface area contributed by atoms with Gasteiger partial charge in [-0.25, -0.2) is 4.68 Å². The van der Waals surface area contributed by atoms with Gasteiger partial charge < -0.3 is 5.73 Å². The van der Waals surface area contributed by atoms with Gasteiger partial charge in [-0.1, -0.05) is 53.8 Å². The van der Waals surface area contributed by atoms with Gasteiger partial charge in [-0.3, -0.25) is 0 Å². The molecule has 116 valence electrons. The van der Waals surface area contributed by atoms with E-state index < -0.39 is 0 Å². The van der Waals surface area contributed by atoms with Gasteiger partial charge in [0.25, 0.3) is 0 Å². The highest BCUT2D eigenvalue weighted by molar-refractivity contribution is 5.70. The minimum atomic E-state index is 0.360. The molecular weight excluding hydrogens is 284 g/mol. The van der Waals surface area contributed by atoms with E-state index in [1.807, 2.05) is 35.0 Å². The summed E-state index contributed by atoms with van der Waals surface area (Å²) in [6.45, 7) is 4.55. The number of benzene rings is 2. The van der Waals surface area contributed by atoms with Crippen molar-refractivity contribution in [1.82, 2.24) is 15.0 Å². The second-order valence-electron chi connectivity index (χ2n) is 5.50. The Kier molecular flexibility index (Phi) is 4.35. The highest BCUT2D eigenvalue weighted by Crippen LogP contribution is 2.21. The van der Waals surface area contributed by atoms with Crippen molar-refractivity contribution >= 4 is 12.2 Å². The average molecular weight is 304 g/mol. The van der Waals surface area contributed by atoms with Crippen LogP contribution in [-0.2, 0) is 6.54 Å². The second kappa shape index (κ2) is 6.58. The van der Waals surface area contributed by atoms with E-state index in [2.05, 4.69) is 54.5 Å². The van der Waals surface area contributed by atoms with Crippen LogP contribution in [0.3, 0.4) is 0 Å². The topological polar surface area (TPSA) is 56.7 Å². The molecule has 0 fully saturated rings. The number of aryl methyl sites for hydroxylation is 1. The summed E-state index contributed by atoms with van der Waals surface area (Å²) in [5.41, 5.74) is 12.1. The predicted octanol–water partition coefficient (Wildman–Crippen LogP) is 3.51. The number of hydrogen-bond donors (Lipinski definition) is 1. The summed E-state index contributed by atoms with van der Waals surface area (Å²) in [6, 6.07) is 16.3. The average Bonchev–Trinajstić information content (AvgIpc) is 2.99. The molecule has 0 bridgehead atoms. The molecule has 1 heterocycles. The molecular formula is C19H20N4. The monoisotopic (exact) mass is 304 g/mol. The fraction of sp³-hybridized carbons (Fsp3) is 0.158. The molecule has 23 heavy (non-hydrogen) atoms. The standard InChI is InChI=1S/C19H20N4/c1-14-7-6-10-18(15(14)2)23-19(17(13-20)21-22-23)12-11-16-8-4-3-5-9-16/h3-12H,13,20H2,1-2H3/b12-11+. The molecule has 0 aliphatic heterocycles. The molecule has 0 spiro atoms. The van der Waals surface area contributed by atoms with Gasteiger partial charge in [0.05, 0.1) is 11.4 Å². The maximum Gasteiger partial charge on any atom is 0.104 e. The summed E-state index contributed by atoms with van der Waals surface area (Å²) in [4.78, 5) is 0. The van der Waals surface area contributed by atoms with Crippen LogP contribution in [0.1, 0.15) is 28.1 Å². The molecule has 1 aromatic heterocycles. The van der Waals surface area contributed by atoms with Crippen molar-refractivity contribution in [3.63, 3.8) is 0 Å². The van der Waals surface area contributed by atoms with Crippen LogP contribution in [0.2, 0.25) is 0 Å². The molecule has 3 aromatic rings. The van der Waals surface area contributed by atoms with Crippen molar-refractivity contribution in [2.75, 3.05) is 0 Å². The first kappa shape index (κ1) is 15.2. The zero-order valence-corrected chi connectivity index (χ0v) is 13.4. The first-order chi connectivity index (χ1) is 11.2. The molecule has 0 saturated carbocycles. The van der Waals surface area contributed by atoms with Gasteiger partial charge in [0.15, 0.2) is 0 Å². The Bertz CT molecular complexity index is 832.